The van der Waals surface area contributed by atoms with E-state index in [1.165, 1.54) is 12.1 Å². The molecule has 0 aliphatic carbocycles. The normalized spacial score (nSPS) is 23.7. The van der Waals surface area contributed by atoms with Crippen LogP contribution >= 0.6 is 0 Å². The standard InChI is InChI=1S/C12H20Si2/c1-13(2)9-7-5-6-8-10-14(3,4)12-11-13/h5-6,11-12H2,1-4H3. The molecular weight excluding hydrogens is 200 g/mol. The highest BCUT2D eigenvalue weighted by Gasteiger charge is 2.25. The van der Waals surface area contributed by atoms with Crippen LogP contribution in [0, 0.1) is 22.9 Å². The zero-order valence-corrected chi connectivity index (χ0v) is 11.8. The molecule has 0 aromatic carbocycles. The van der Waals surface area contributed by atoms with Crippen molar-refractivity contribution in [3.8, 4) is 22.9 Å². The molecule has 0 aromatic rings. The third-order valence-electron chi connectivity index (χ3n) is 2.60. The van der Waals surface area contributed by atoms with Crippen LogP contribution in [-0.2, 0) is 0 Å². The van der Waals surface area contributed by atoms with Crippen LogP contribution in [0.5, 0.6) is 0 Å². The molecule has 0 aromatic heterocycles. The summed E-state index contributed by atoms with van der Waals surface area (Å²) < 4.78 is 0. The van der Waals surface area contributed by atoms with E-state index in [0.717, 1.165) is 12.8 Å². The monoisotopic (exact) mass is 220 g/mol. The molecule has 1 heterocycles. The van der Waals surface area contributed by atoms with Crippen molar-refractivity contribution in [3.63, 3.8) is 0 Å². The van der Waals surface area contributed by atoms with Crippen LogP contribution in [0.1, 0.15) is 12.8 Å². The van der Waals surface area contributed by atoms with Gasteiger partial charge < -0.3 is 0 Å². The summed E-state index contributed by atoms with van der Waals surface area (Å²) in [5.74, 6) is 6.59. The van der Waals surface area contributed by atoms with Crippen molar-refractivity contribution in [2.24, 2.45) is 0 Å². The van der Waals surface area contributed by atoms with Crippen molar-refractivity contribution >= 4 is 16.1 Å². The summed E-state index contributed by atoms with van der Waals surface area (Å²) in [7, 11) is -2.42. The molecule has 0 unspecified atom stereocenters. The van der Waals surface area contributed by atoms with Crippen molar-refractivity contribution in [2.75, 3.05) is 0 Å². The SMILES string of the molecule is C[Si]1(C)C#CCCC#C[Si](C)(C)CC1. The van der Waals surface area contributed by atoms with Gasteiger partial charge in [-0.1, -0.05) is 26.2 Å². The lowest BCUT2D eigenvalue weighted by molar-refractivity contribution is 1.12. The summed E-state index contributed by atoms with van der Waals surface area (Å²) in [6, 6.07) is 2.68. The highest BCUT2D eigenvalue weighted by atomic mass is 28.3. The van der Waals surface area contributed by atoms with E-state index in [4.69, 9.17) is 0 Å². The van der Waals surface area contributed by atoms with Crippen LogP contribution in [-0.4, -0.2) is 16.1 Å². The molecule has 0 saturated carbocycles. The lowest BCUT2D eigenvalue weighted by atomic mass is 10.3. The smallest absolute Gasteiger partial charge is 0.132 e. The third kappa shape index (κ3) is 4.18. The predicted octanol–water partition coefficient (Wildman–Crippen LogP) is 3.28. The second-order valence-corrected chi connectivity index (χ2v) is 14.4. The van der Waals surface area contributed by atoms with E-state index in [1.807, 2.05) is 0 Å². The zero-order chi connectivity index (χ0) is 10.7. The molecule has 0 fully saturated rings. The van der Waals surface area contributed by atoms with Crippen LogP contribution in [0.25, 0.3) is 0 Å². The quantitative estimate of drug-likeness (QED) is 0.434. The molecule has 76 valence electrons. The van der Waals surface area contributed by atoms with Gasteiger partial charge in [-0.2, -0.15) is 0 Å². The van der Waals surface area contributed by atoms with Gasteiger partial charge in [-0.25, -0.2) is 0 Å². The van der Waals surface area contributed by atoms with E-state index in [1.54, 1.807) is 0 Å². The average molecular weight is 220 g/mol. The molecule has 2 heteroatoms. The molecule has 0 bridgehead atoms. The maximum atomic E-state index is 3.51. The molecule has 0 atom stereocenters. The van der Waals surface area contributed by atoms with E-state index >= 15 is 0 Å². The van der Waals surface area contributed by atoms with Gasteiger partial charge in [0, 0.05) is 12.8 Å². The second-order valence-electron chi connectivity index (χ2n) is 5.37. The molecule has 0 nitrogen and oxygen atoms in total. The molecule has 1 rings (SSSR count). The van der Waals surface area contributed by atoms with Gasteiger partial charge in [0.25, 0.3) is 0 Å². The van der Waals surface area contributed by atoms with Gasteiger partial charge in [-0.05, 0) is 12.1 Å². The van der Waals surface area contributed by atoms with Gasteiger partial charge in [-0.15, -0.1) is 22.9 Å². The van der Waals surface area contributed by atoms with Gasteiger partial charge in [0.2, 0.25) is 0 Å². The minimum absolute atomic E-state index is 0.980. The highest BCUT2D eigenvalue weighted by Crippen LogP contribution is 2.19. The van der Waals surface area contributed by atoms with Crippen LogP contribution in [0.3, 0.4) is 0 Å². The lowest BCUT2D eigenvalue weighted by Gasteiger charge is -2.21. The van der Waals surface area contributed by atoms with Crippen molar-refractivity contribution in [1.82, 2.24) is 0 Å². The number of hydrogen-bond acceptors (Lipinski definition) is 0. The fourth-order valence-corrected chi connectivity index (χ4v) is 7.94. The molecule has 0 saturated heterocycles. The molecule has 14 heavy (non-hydrogen) atoms. The fourth-order valence-electron chi connectivity index (χ4n) is 1.48. The van der Waals surface area contributed by atoms with E-state index in [9.17, 15) is 0 Å². The van der Waals surface area contributed by atoms with Crippen LogP contribution in [0.15, 0.2) is 0 Å². The number of rotatable bonds is 0. The second kappa shape index (κ2) is 4.38. The zero-order valence-electron chi connectivity index (χ0n) is 9.83. The summed E-state index contributed by atoms with van der Waals surface area (Å²) in [4.78, 5) is 0. The van der Waals surface area contributed by atoms with Gasteiger partial charge >= 0.3 is 0 Å². The molecular formula is C12H20Si2. The molecule has 0 spiro atoms. The molecule has 0 N–H and O–H groups in total. The summed E-state index contributed by atoms with van der Waals surface area (Å²) >= 11 is 0. The van der Waals surface area contributed by atoms with Crippen LogP contribution in [0.4, 0.5) is 0 Å². The van der Waals surface area contributed by atoms with E-state index < -0.39 is 16.1 Å². The Balaban J connectivity index is 2.78. The first-order chi connectivity index (χ1) is 6.41. The van der Waals surface area contributed by atoms with Gasteiger partial charge in [0.05, 0.1) is 0 Å². The largest absolute Gasteiger partial charge is 0.132 e. The lowest BCUT2D eigenvalue weighted by Crippen LogP contribution is -2.31. The Morgan fingerprint density at radius 3 is 1.43 bits per heavy atom. The Kier molecular flexibility index (Phi) is 3.64. The van der Waals surface area contributed by atoms with Crippen molar-refractivity contribution < 1.29 is 0 Å². The summed E-state index contributed by atoms with van der Waals surface area (Å²) in [5.41, 5.74) is 7.02. The minimum atomic E-state index is -1.21. The summed E-state index contributed by atoms with van der Waals surface area (Å²) in [5, 5.41) is 0. The average Bonchev–Trinajstić information content (AvgIpc) is 2.08. The van der Waals surface area contributed by atoms with Gasteiger partial charge in [0.15, 0.2) is 0 Å². The Morgan fingerprint density at radius 1 is 0.714 bits per heavy atom. The summed E-state index contributed by atoms with van der Waals surface area (Å²) in [6.45, 7) is 9.55. The minimum Gasteiger partial charge on any atom is -0.132 e. The maximum Gasteiger partial charge on any atom is 0.132 e. The Bertz CT molecular complexity index is 284. The Hall–Kier alpha value is -0.446. The Labute approximate surface area is 90.5 Å². The van der Waals surface area contributed by atoms with E-state index in [-0.39, 0.29) is 0 Å². The molecule has 0 amide bonds. The highest BCUT2D eigenvalue weighted by molar-refractivity contribution is 6.90. The van der Waals surface area contributed by atoms with Crippen LogP contribution in [0.2, 0.25) is 38.3 Å². The van der Waals surface area contributed by atoms with E-state index in [2.05, 4.69) is 49.1 Å². The van der Waals surface area contributed by atoms with E-state index in [0.29, 0.717) is 0 Å². The summed E-state index contributed by atoms with van der Waals surface area (Å²) in [6.07, 6.45) is 1.96. The predicted molar refractivity (Wildman–Crippen MR) is 69.4 cm³/mol. The Morgan fingerprint density at radius 2 is 1.07 bits per heavy atom. The molecule has 0 radical (unpaired) electrons. The van der Waals surface area contributed by atoms with Gasteiger partial charge in [0.1, 0.15) is 16.1 Å². The first kappa shape index (κ1) is 11.6. The molecule has 1 aliphatic rings. The van der Waals surface area contributed by atoms with Crippen molar-refractivity contribution in [2.45, 2.75) is 51.1 Å². The third-order valence-corrected chi connectivity index (χ3v) is 7.81. The first-order valence-corrected chi connectivity index (χ1v) is 11.8. The molecule has 1 aliphatic heterocycles. The maximum absolute atomic E-state index is 3.51. The van der Waals surface area contributed by atoms with Crippen molar-refractivity contribution in [1.29, 1.82) is 0 Å². The van der Waals surface area contributed by atoms with Gasteiger partial charge in [-0.3, -0.25) is 0 Å². The number of hydrogen-bond donors (Lipinski definition) is 0. The van der Waals surface area contributed by atoms with Crippen LogP contribution < -0.4 is 0 Å². The fraction of sp³-hybridized carbons (Fsp3) is 0.667. The first-order valence-electron chi connectivity index (χ1n) is 5.41. The topological polar surface area (TPSA) is 0 Å². The van der Waals surface area contributed by atoms with Crippen molar-refractivity contribution in [3.05, 3.63) is 0 Å².